The SMILES string of the molecule is c1ccc(C2Nc3c(ccc4ccc5cc(-n6c7ccccc7c7c8ccccc8c8c9ccccc9n(-c9ccccc9)c8c76)ccc5c34)S2)cc1. The molecule has 0 amide bonds. The highest BCUT2D eigenvalue weighted by molar-refractivity contribution is 8.00. The van der Waals surface area contributed by atoms with Crippen molar-refractivity contribution in [2.75, 3.05) is 5.32 Å². The van der Waals surface area contributed by atoms with Gasteiger partial charge in [0.05, 0.1) is 27.8 Å². The molecule has 0 aliphatic carbocycles. The third-order valence-electron chi connectivity index (χ3n) is 11.3. The Kier molecular flexibility index (Phi) is 6.05. The van der Waals surface area contributed by atoms with Gasteiger partial charge in [-0.3, -0.25) is 0 Å². The third kappa shape index (κ3) is 4.07. The number of aromatic nitrogens is 2. The van der Waals surface area contributed by atoms with Gasteiger partial charge >= 0.3 is 0 Å². The zero-order chi connectivity index (χ0) is 34.6. The first-order valence-corrected chi connectivity index (χ1v) is 19.1. The van der Waals surface area contributed by atoms with E-state index >= 15 is 0 Å². The molecular formula is C49H31N3S. The van der Waals surface area contributed by atoms with Crippen LogP contribution in [0.4, 0.5) is 5.69 Å². The molecule has 2 aromatic heterocycles. The number of para-hydroxylation sites is 3. The highest BCUT2D eigenvalue weighted by atomic mass is 32.2. The van der Waals surface area contributed by atoms with E-state index in [2.05, 4.69) is 190 Å². The molecule has 1 aliphatic rings. The number of hydrogen-bond donors (Lipinski definition) is 1. The largest absolute Gasteiger partial charge is 0.368 e. The van der Waals surface area contributed by atoms with Crippen LogP contribution in [-0.2, 0) is 0 Å². The monoisotopic (exact) mass is 693 g/mol. The van der Waals surface area contributed by atoms with Crippen LogP contribution in [0.5, 0.6) is 0 Å². The summed E-state index contributed by atoms with van der Waals surface area (Å²) in [5.41, 5.74) is 9.71. The summed E-state index contributed by atoms with van der Waals surface area (Å²) in [4.78, 5) is 1.30. The molecule has 0 fully saturated rings. The number of fused-ring (bicyclic) bond motifs is 15. The van der Waals surface area contributed by atoms with Crippen molar-refractivity contribution in [1.29, 1.82) is 0 Å². The van der Waals surface area contributed by atoms with Crippen molar-refractivity contribution in [3.05, 3.63) is 181 Å². The second-order valence-corrected chi connectivity index (χ2v) is 15.2. The number of nitrogens with zero attached hydrogens (tertiary/aromatic N) is 2. The fraction of sp³-hybridized carbons (Fsp3) is 0.0204. The summed E-state index contributed by atoms with van der Waals surface area (Å²) < 4.78 is 5.01. The van der Waals surface area contributed by atoms with Gasteiger partial charge in [0.2, 0.25) is 0 Å². The van der Waals surface area contributed by atoms with Crippen molar-refractivity contribution in [3.8, 4) is 11.4 Å². The lowest BCUT2D eigenvalue weighted by Gasteiger charge is -2.15. The van der Waals surface area contributed by atoms with E-state index in [0.717, 1.165) is 11.4 Å². The Balaban J connectivity index is 1.19. The highest BCUT2D eigenvalue weighted by Crippen LogP contribution is 2.51. The van der Waals surface area contributed by atoms with Gasteiger partial charge in [-0.05, 0) is 75.0 Å². The van der Waals surface area contributed by atoms with E-state index in [4.69, 9.17) is 0 Å². The van der Waals surface area contributed by atoms with E-state index < -0.39 is 0 Å². The maximum Gasteiger partial charge on any atom is 0.103 e. The van der Waals surface area contributed by atoms with Gasteiger partial charge in [0.1, 0.15) is 5.37 Å². The average molecular weight is 694 g/mol. The van der Waals surface area contributed by atoms with Crippen LogP contribution in [0.2, 0.25) is 0 Å². The molecule has 3 heterocycles. The minimum Gasteiger partial charge on any atom is -0.368 e. The fourth-order valence-electron chi connectivity index (χ4n) is 9.08. The summed E-state index contributed by atoms with van der Waals surface area (Å²) in [5, 5.41) is 16.8. The Morgan fingerprint density at radius 2 is 0.962 bits per heavy atom. The topological polar surface area (TPSA) is 21.9 Å². The first-order valence-electron chi connectivity index (χ1n) is 18.2. The molecule has 0 saturated carbocycles. The Bertz CT molecular complexity index is 3280. The normalized spacial score (nSPS) is 14.3. The van der Waals surface area contributed by atoms with Gasteiger partial charge in [0.25, 0.3) is 0 Å². The third-order valence-corrected chi connectivity index (χ3v) is 12.5. The van der Waals surface area contributed by atoms with E-state index in [1.807, 2.05) is 11.8 Å². The molecular weight excluding hydrogens is 663 g/mol. The summed E-state index contributed by atoms with van der Waals surface area (Å²) in [6, 6.07) is 64.6. The average Bonchev–Trinajstić information content (AvgIpc) is 3.92. The lowest BCUT2D eigenvalue weighted by atomic mass is 9.98. The molecule has 0 bridgehead atoms. The number of benzene rings is 9. The van der Waals surface area contributed by atoms with E-state index in [1.165, 1.54) is 92.1 Å². The van der Waals surface area contributed by atoms with Crippen molar-refractivity contribution in [3.63, 3.8) is 0 Å². The second kappa shape index (κ2) is 11.0. The van der Waals surface area contributed by atoms with Crippen LogP contribution in [0.25, 0.3) is 87.3 Å². The molecule has 12 rings (SSSR count). The van der Waals surface area contributed by atoms with Crippen LogP contribution < -0.4 is 5.32 Å². The van der Waals surface area contributed by atoms with Crippen molar-refractivity contribution >= 4 is 93.4 Å². The highest BCUT2D eigenvalue weighted by Gasteiger charge is 2.27. The molecule has 248 valence electrons. The van der Waals surface area contributed by atoms with Gasteiger partial charge in [-0.1, -0.05) is 145 Å². The first kappa shape index (κ1) is 29.1. The van der Waals surface area contributed by atoms with Crippen LogP contribution in [0, 0.1) is 0 Å². The molecule has 1 aliphatic heterocycles. The van der Waals surface area contributed by atoms with Crippen molar-refractivity contribution in [2.45, 2.75) is 10.3 Å². The molecule has 4 heteroatoms. The van der Waals surface area contributed by atoms with Gasteiger partial charge in [0, 0.05) is 43.2 Å². The molecule has 3 nitrogen and oxygen atoms in total. The molecule has 1 atom stereocenters. The minimum absolute atomic E-state index is 0.192. The lowest BCUT2D eigenvalue weighted by molar-refractivity contribution is 1.14. The van der Waals surface area contributed by atoms with Crippen LogP contribution >= 0.6 is 11.8 Å². The Morgan fingerprint density at radius 1 is 0.415 bits per heavy atom. The second-order valence-electron chi connectivity index (χ2n) is 14.1. The standard InChI is InChI=1S/C49H31N3S/c1-3-13-31(14-4-1)49-50-46-42(53-49)28-25-30-23-24-32-29-34(26-27-35(32)43(30)46)52-41-22-12-10-20-39(41)45-37-18-8-7-17-36(37)44-38-19-9-11-21-40(38)51(47(44)48(45)52)33-15-5-2-6-16-33/h1-29,49-50H. The summed E-state index contributed by atoms with van der Waals surface area (Å²) in [5.74, 6) is 0. The minimum atomic E-state index is 0.192. The van der Waals surface area contributed by atoms with E-state index in [0.29, 0.717) is 0 Å². The van der Waals surface area contributed by atoms with Gasteiger partial charge in [-0.2, -0.15) is 0 Å². The maximum absolute atomic E-state index is 3.90. The molecule has 1 N–H and O–H groups in total. The van der Waals surface area contributed by atoms with Crippen LogP contribution in [0.3, 0.4) is 0 Å². The van der Waals surface area contributed by atoms with Crippen molar-refractivity contribution in [2.24, 2.45) is 0 Å². The number of anilines is 1. The van der Waals surface area contributed by atoms with Crippen LogP contribution in [0.1, 0.15) is 10.9 Å². The predicted octanol–water partition coefficient (Wildman–Crippen LogP) is 13.6. The van der Waals surface area contributed by atoms with Crippen molar-refractivity contribution < 1.29 is 0 Å². The Hall–Kier alpha value is -6.49. The lowest BCUT2D eigenvalue weighted by Crippen LogP contribution is -2.01. The zero-order valence-corrected chi connectivity index (χ0v) is 29.4. The molecule has 53 heavy (non-hydrogen) atoms. The smallest absolute Gasteiger partial charge is 0.103 e. The number of rotatable bonds is 3. The number of hydrogen-bond acceptors (Lipinski definition) is 2. The predicted molar refractivity (Wildman–Crippen MR) is 226 cm³/mol. The molecule has 0 radical (unpaired) electrons. The van der Waals surface area contributed by atoms with Gasteiger partial charge in [-0.15, -0.1) is 0 Å². The summed E-state index contributed by atoms with van der Waals surface area (Å²) in [6.07, 6.45) is 0. The Labute approximate surface area is 309 Å². The number of thioether (sulfide) groups is 1. The van der Waals surface area contributed by atoms with Crippen molar-refractivity contribution in [1.82, 2.24) is 9.13 Å². The maximum atomic E-state index is 3.90. The summed E-state index contributed by atoms with van der Waals surface area (Å²) in [6.45, 7) is 0. The number of nitrogens with one attached hydrogen (secondary N) is 1. The molecule has 9 aromatic carbocycles. The molecule has 11 aromatic rings. The molecule has 0 spiro atoms. The zero-order valence-electron chi connectivity index (χ0n) is 28.6. The summed E-state index contributed by atoms with van der Waals surface area (Å²) >= 11 is 1.90. The van der Waals surface area contributed by atoms with Gasteiger partial charge < -0.3 is 14.5 Å². The van der Waals surface area contributed by atoms with Crippen LogP contribution in [0.15, 0.2) is 181 Å². The van der Waals surface area contributed by atoms with Gasteiger partial charge in [-0.25, -0.2) is 0 Å². The van der Waals surface area contributed by atoms with Crippen LogP contribution in [-0.4, -0.2) is 9.13 Å². The van der Waals surface area contributed by atoms with E-state index in [-0.39, 0.29) is 5.37 Å². The van der Waals surface area contributed by atoms with E-state index in [1.54, 1.807) is 0 Å². The molecule has 1 unspecified atom stereocenters. The molecule has 0 saturated heterocycles. The van der Waals surface area contributed by atoms with E-state index in [9.17, 15) is 0 Å². The fourth-order valence-corrected chi connectivity index (χ4v) is 10.2. The van der Waals surface area contributed by atoms with Gasteiger partial charge in [0.15, 0.2) is 0 Å². The summed E-state index contributed by atoms with van der Waals surface area (Å²) in [7, 11) is 0. The quantitative estimate of drug-likeness (QED) is 0.186. The first-order chi connectivity index (χ1) is 26.3. The Morgan fingerprint density at radius 3 is 1.64 bits per heavy atom.